The number of rotatable bonds is 5. The zero-order valence-electron chi connectivity index (χ0n) is 10.6. The molecule has 1 aromatic heterocycles. The van der Waals surface area contributed by atoms with Gasteiger partial charge in [-0.3, -0.25) is 4.79 Å². The van der Waals surface area contributed by atoms with Crippen molar-refractivity contribution in [3.05, 3.63) is 10.6 Å². The maximum atomic E-state index is 12.5. The minimum Gasteiger partial charge on any atom is -0.334 e. The minimum absolute atomic E-state index is 0.00792. The molecule has 5 nitrogen and oxygen atoms in total. The van der Waals surface area contributed by atoms with E-state index in [0.29, 0.717) is 23.9 Å². The van der Waals surface area contributed by atoms with Crippen molar-refractivity contribution in [2.45, 2.75) is 45.1 Å². The van der Waals surface area contributed by atoms with Crippen LogP contribution >= 0.6 is 11.5 Å². The maximum absolute atomic E-state index is 12.5. The standard InChI is InChI=1S/C12H16N4OS/c1-8(2)10-11(18-15-14-10)12(17)16(7-3-6-13)9-4-5-9/h8-9H,3-5,7H2,1-2H3. The van der Waals surface area contributed by atoms with Crippen LogP contribution < -0.4 is 0 Å². The first-order chi connectivity index (χ1) is 8.65. The van der Waals surface area contributed by atoms with E-state index in [1.807, 2.05) is 18.7 Å². The molecule has 0 radical (unpaired) electrons. The van der Waals surface area contributed by atoms with Crippen molar-refractivity contribution in [1.82, 2.24) is 14.5 Å². The molecule has 6 heteroatoms. The molecule has 1 saturated carbocycles. The first-order valence-electron chi connectivity index (χ1n) is 6.15. The second-order valence-electron chi connectivity index (χ2n) is 4.78. The lowest BCUT2D eigenvalue weighted by molar-refractivity contribution is 0.0750. The number of hydrogen-bond acceptors (Lipinski definition) is 5. The maximum Gasteiger partial charge on any atom is 0.267 e. The van der Waals surface area contributed by atoms with Gasteiger partial charge in [0.25, 0.3) is 5.91 Å². The third-order valence-electron chi connectivity index (χ3n) is 2.97. The van der Waals surface area contributed by atoms with Gasteiger partial charge < -0.3 is 4.90 Å². The van der Waals surface area contributed by atoms with Gasteiger partial charge in [0.15, 0.2) is 0 Å². The molecular weight excluding hydrogens is 248 g/mol. The summed E-state index contributed by atoms with van der Waals surface area (Å²) in [5.41, 5.74) is 0.771. The van der Waals surface area contributed by atoms with Crippen LogP contribution in [0.3, 0.4) is 0 Å². The summed E-state index contributed by atoms with van der Waals surface area (Å²) in [5.74, 6) is 0.186. The Balaban J connectivity index is 2.17. The Kier molecular flexibility index (Phi) is 3.92. The topological polar surface area (TPSA) is 69.9 Å². The van der Waals surface area contributed by atoms with Crippen molar-refractivity contribution in [2.75, 3.05) is 6.54 Å². The van der Waals surface area contributed by atoms with Crippen LogP contribution in [-0.2, 0) is 0 Å². The molecule has 1 heterocycles. The predicted octanol–water partition coefficient (Wildman–Crippen LogP) is 2.18. The molecule has 0 aliphatic heterocycles. The van der Waals surface area contributed by atoms with Gasteiger partial charge in [0.2, 0.25) is 0 Å². The predicted molar refractivity (Wildman–Crippen MR) is 68.3 cm³/mol. The number of aromatic nitrogens is 2. The van der Waals surface area contributed by atoms with Crippen LogP contribution in [0.2, 0.25) is 0 Å². The van der Waals surface area contributed by atoms with Crippen molar-refractivity contribution in [3.8, 4) is 6.07 Å². The number of hydrogen-bond donors (Lipinski definition) is 0. The van der Waals surface area contributed by atoms with E-state index >= 15 is 0 Å². The summed E-state index contributed by atoms with van der Waals surface area (Å²) >= 11 is 1.16. The number of amides is 1. The third-order valence-corrected chi connectivity index (χ3v) is 3.70. The van der Waals surface area contributed by atoms with Gasteiger partial charge >= 0.3 is 0 Å². The molecule has 1 aromatic rings. The molecule has 1 aliphatic carbocycles. The summed E-state index contributed by atoms with van der Waals surface area (Å²) in [4.78, 5) is 14.9. The van der Waals surface area contributed by atoms with Gasteiger partial charge in [0.05, 0.1) is 18.2 Å². The van der Waals surface area contributed by atoms with Gasteiger partial charge in [0.1, 0.15) is 4.88 Å². The number of carbonyl (C=O) groups excluding carboxylic acids is 1. The van der Waals surface area contributed by atoms with Gasteiger partial charge in [-0.2, -0.15) is 5.26 Å². The molecule has 1 fully saturated rings. The summed E-state index contributed by atoms with van der Waals surface area (Å²) in [6.45, 7) is 4.52. The molecule has 0 atom stereocenters. The fourth-order valence-electron chi connectivity index (χ4n) is 1.86. The van der Waals surface area contributed by atoms with Gasteiger partial charge in [-0.05, 0) is 30.3 Å². The van der Waals surface area contributed by atoms with Gasteiger partial charge in [-0.1, -0.05) is 18.3 Å². The first kappa shape index (κ1) is 13.0. The van der Waals surface area contributed by atoms with Crippen molar-refractivity contribution in [1.29, 1.82) is 5.26 Å². The zero-order valence-corrected chi connectivity index (χ0v) is 11.4. The molecular formula is C12H16N4OS. The lowest BCUT2D eigenvalue weighted by atomic mass is 10.1. The Hall–Kier alpha value is -1.48. The van der Waals surface area contributed by atoms with E-state index in [4.69, 9.17) is 5.26 Å². The van der Waals surface area contributed by atoms with Crippen LogP contribution in [0.1, 0.15) is 54.4 Å². The summed E-state index contributed by atoms with van der Waals surface area (Å²) in [5, 5.41) is 12.7. The van der Waals surface area contributed by atoms with E-state index in [0.717, 1.165) is 30.1 Å². The van der Waals surface area contributed by atoms with Crippen molar-refractivity contribution >= 4 is 17.4 Å². The third kappa shape index (κ3) is 2.67. The molecule has 1 amide bonds. The molecule has 0 unspecified atom stereocenters. The van der Waals surface area contributed by atoms with Crippen LogP contribution in [-0.4, -0.2) is 33.0 Å². The highest BCUT2D eigenvalue weighted by atomic mass is 32.1. The Bertz CT molecular complexity index is 473. The van der Waals surface area contributed by atoms with Gasteiger partial charge in [-0.15, -0.1) is 5.10 Å². The molecule has 0 spiro atoms. The lowest BCUT2D eigenvalue weighted by Crippen LogP contribution is -2.34. The minimum atomic E-state index is -0.00792. The Labute approximate surface area is 111 Å². The summed E-state index contributed by atoms with van der Waals surface area (Å²) in [6.07, 6.45) is 2.46. The number of nitrogens with zero attached hydrogens (tertiary/aromatic N) is 4. The van der Waals surface area contributed by atoms with Crippen LogP contribution in [0.5, 0.6) is 0 Å². The monoisotopic (exact) mass is 264 g/mol. The molecule has 0 aromatic carbocycles. The summed E-state index contributed by atoms with van der Waals surface area (Å²) in [6, 6.07) is 2.41. The summed E-state index contributed by atoms with van der Waals surface area (Å²) in [7, 11) is 0. The Morgan fingerprint density at radius 1 is 1.61 bits per heavy atom. The van der Waals surface area contributed by atoms with Crippen LogP contribution in [0.25, 0.3) is 0 Å². The lowest BCUT2D eigenvalue weighted by Gasteiger charge is -2.20. The SMILES string of the molecule is CC(C)c1nnsc1C(=O)N(CCC#N)C1CC1. The molecule has 2 rings (SSSR count). The van der Waals surface area contributed by atoms with Gasteiger partial charge in [-0.25, -0.2) is 0 Å². The highest BCUT2D eigenvalue weighted by Crippen LogP contribution is 2.30. The zero-order chi connectivity index (χ0) is 13.1. The van der Waals surface area contributed by atoms with E-state index < -0.39 is 0 Å². The average Bonchev–Trinajstić information content (AvgIpc) is 3.05. The normalized spacial score (nSPS) is 14.6. The van der Waals surface area contributed by atoms with Crippen molar-refractivity contribution in [3.63, 3.8) is 0 Å². The fourth-order valence-corrected chi connectivity index (χ4v) is 2.64. The Morgan fingerprint density at radius 2 is 2.33 bits per heavy atom. The highest BCUT2D eigenvalue weighted by Gasteiger charge is 2.34. The van der Waals surface area contributed by atoms with E-state index in [9.17, 15) is 4.79 Å². The summed E-state index contributed by atoms with van der Waals surface area (Å²) < 4.78 is 3.89. The molecule has 18 heavy (non-hydrogen) atoms. The van der Waals surface area contributed by atoms with E-state index in [1.165, 1.54) is 0 Å². The highest BCUT2D eigenvalue weighted by molar-refractivity contribution is 7.08. The largest absolute Gasteiger partial charge is 0.334 e. The van der Waals surface area contributed by atoms with E-state index in [1.54, 1.807) is 0 Å². The molecule has 1 aliphatic rings. The average molecular weight is 264 g/mol. The van der Waals surface area contributed by atoms with Gasteiger partial charge in [0, 0.05) is 12.6 Å². The fraction of sp³-hybridized carbons (Fsp3) is 0.667. The number of carbonyl (C=O) groups is 1. The van der Waals surface area contributed by atoms with Crippen molar-refractivity contribution in [2.24, 2.45) is 0 Å². The first-order valence-corrected chi connectivity index (χ1v) is 6.92. The second kappa shape index (κ2) is 5.44. The molecule has 96 valence electrons. The van der Waals surface area contributed by atoms with Crippen LogP contribution in [0.4, 0.5) is 0 Å². The van der Waals surface area contributed by atoms with Crippen LogP contribution in [0.15, 0.2) is 0 Å². The van der Waals surface area contributed by atoms with E-state index in [-0.39, 0.29) is 11.8 Å². The Morgan fingerprint density at radius 3 is 2.89 bits per heavy atom. The number of nitriles is 1. The van der Waals surface area contributed by atoms with E-state index in [2.05, 4.69) is 15.7 Å². The smallest absolute Gasteiger partial charge is 0.267 e. The van der Waals surface area contributed by atoms with Crippen LogP contribution in [0, 0.1) is 11.3 Å². The molecule has 0 N–H and O–H groups in total. The van der Waals surface area contributed by atoms with Crippen molar-refractivity contribution < 1.29 is 4.79 Å². The molecule has 0 bridgehead atoms. The second-order valence-corrected chi connectivity index (χ2v) is 5.53. The molecule has 0 saturated heterocycles. The quantitative estimate of drug-likeness (QED) is 0.817.